The molecule has 0 saturated heterocycles. The summed E-state index contributed by atoms with van der Waals surface area (Å²) < 4.78 is 7.75. The molecule has 0 radical (unpaired) electrons. The van der Waals surface area contributed by atoms with E-state index in [1.807, 2.05) is 51.4 Å². The summed E-state index contributed by atoms with van der Waals surface area (Å²) >= 11 is 2.83. The minimum atomic E-state index is -0.337. The number of rotatable bonds is 7. The second-order valence-corrected chi connectivity index (χ2v) is 9.44. The molecule has 0 saturated carbocycles. The van der Waals surface area contributed by atoms with Gasteiger partial charge in [-0.05, 0) is 46.2 Å². The highest BCUT2D eigenvalue weighted by molar-refractivity contribution is 8.00. The van der Waals surface area contributed by atoms with Gasteiger partial charge in [0.15, 0.2) is 16.1 Å². The number of thioether (sulfide) groups is 1. The van der Waals surface area contributed by atoms with Gasteiger partial charge in [-0.2, -0.15) is 0 Å². The van der Waals surface area contributed by atoms with E-state index in [2.05, 4.69) is 33.5 Å². The monoisotopic (exact) mass is 431 g/mol. The lowest BCUT2D eigenvalue weighted by molar-refractivity contribution is -0.115. The van der Waals surface area contributed by atoms with Crippen molar-refractivity contribution in [2.24, 2.45) is 7.05 Å². The van der Waals surface area contributed by atoms with E-state index in [9.17, 15) is 4.79 Å². The Morgan fingerprint density at radius 1 is 1.28 bits per heavy atom. The molecule has 1 N–H and O–H groups in total. The molecule has 0 aliphatic rings. The molecule has 3 aromatic rings. The second-order valence-electron chi connectivity index (χ2n) is 6.93. The standard InChI is InChI=1S/C20H25N5O2S2/c1-11-7-8-16(12(2)9-11)27-10-17-23-24-20(25(17)6)29-15(5)18(26)22-19-21-13(3)14(4)28-19/h7-9,15H,10H2,1-6H3,(H,21,22,26). The second kappa shape index (κ2) is 8.96. The fourth-order valence-corrected chi connectivity index (χ4v) is 4.27. The van der Waals surface area contributed by atoms with Gasteiger partial charge in [0.25, 0.3) is 0 Å². The lowest BCUT2D eigenvalue weighted by Crippen LogP contribution is -2.22. The number of aryl methyl sites for hydroxylation is 4. The van der Waals surface area contributed by atoms with E-state index >= 15 is 0 Å². The van der Waals surface area contributed by atoms with Crippen molar-refractivity contribution in [3.05, 3.63) is 45.7 Å². The molecule has 1 unspecified atom stereocenters. The first kappa shape index (κ1) is 21.3. The molecule has 2 heterocycles. The zero-order chi connectivity index (χ0) is 21.1. The van der Waals surface area contributed by atoms with Crippen molar-refractivity contribution in [1.82, 2.24) is 19.7 Å². The molecule has 0 aliphatic carbocycles. The van der Waals surface area contributed by atoms with Crippen LogP contribution in [0.2, 0.25) is 0 Å². The van der Waals surface area contributed by atoms with Gasteiger partial charge in [0.1, 0.15) is 12.4 Å². The van der Waals surface area contributed by atoms with Crippen LogP contribution in [0, 0.1) is 27.7 Å². The van der Waals surface area contributed by atoms with Gasteiger partial charge >= 0.3 is 0 Å². The molecular weight excluding hydrogens is 406 g/mol. The molecule has 0 bridgehead atoms. The van der Waals surface area contributed by atoms with Crippen molar-refractivity contribution in [2.75, 3.05) is 5.32 Å². The van der Waals surface area contributed by atoms with E-state index < -0.39 is 0 Å². The van der Waals surface area contributed by atoms with Gasteiger partial charge in [-0.1, -0.05) is 29.5 Å². The van der Waals surface area contributed by atoms with Crippen LogP contribution in [0.3, 0.4) is 0 Å². The number of carbonyl (C=O) groups excluding carboxylic acids is 1. The lowest BCUT2D eigenvalue weighted by Gasteiger charge is -2.11. The van der Waals surface area contributed by atoms with Crippen molar-refractivity contribution in [3.8, 4) is 5.75 Å². The van der Waals surface area contributed by atoms with E-state index in [4.69, 9.17) is 4.74 Å². The molecule has 3 rings (SSSR count). The summed E-state index contributed by atoms with van der Waals surface area (Å²) in [7, 11) is 1.88. The predicted molar refractivity (Wildman–Crippen MR) is 117 cm³/mol. The minimum Gasteiger partial charge on any atom is -0.485 e. The third kappa shape index (κ3) is 5.16. The Kier molecular flexibility index (Phi) is 6.59. The van der Waals surface area contributed by atoms with E-state index in [1.165, 1.54) is 28.7 Å². The molecule has 29 heavy (non-hydrogen) atoms. The van der Waals surface area contributed by atoms with Gasteiger partial charge in [0.05, 0.1) is 10.9 Å². The molecule has 1 amide bonds. The van der Waals surface area contributed by atoms with Crippen LogP contribution in [0.4, 0.5) is 5.13 Å². The van der Waals surface area contributed by atoms with Crippen LogP contribution in [0.5, 0.6) is 5.75 Å². The average molecular weight is 432 g/mol. The van der Waals surface area contributed by atoms with Crippen molar-refractivity contribution in [3.63, 3.8) is 0 Å². The number of benzene rings is 1. The summed E-state index contributed by atoms with van der Waals surface area (Å²) in [6.45, 7) is 10.1. The first-order chi connectivity index (χ1) is 13.7. The number of hydrogen-bond donors (Lipinski definition) is 1. The SMILES string of the molecule is Cc1ccc(OCc2nnc(SC(C)C(=O)Nc3nc(C)c(C)s3)n2C)c(C)c1. The highest BCUT2D eigenvalue weighted by Gasteiger charge is 2.20. The van der Waals surface area contributed by atoms with Crippen LogP contribution < -0.4 is 10.1 Å². The van der Waals surface area contributed by atoms with Crippen molar-refractivity contribution in [1.29, 1.82) is 0 Å². The molecule has 154 valence electrons. The Balaban J connectivity index is 1.60. The number of nitrogens with one attached hydrogen (secondary N) is 1. The van der Waals surface area contributed by atoms with Gasteiger partial charge < -0.3 is 14.6 Å². The number of hydrogen-bond acceptors (Lipinski definition) is 7. The smallest absolute Gasteiger partial charge is 0.239 e. The largest absolute Gasteiger partial charge is 0.485 e. The van der Waals surface area contributed by atoms with Crippen LogP contribution in [0.1, 0.15) is 34.4 Å². The first-order valence-corrected chi connectivity index (χ1v) is 10.9. The van der Waals surface area contributed by atoms with Gasteiger partial charge in [-0.3, -0.25) is 4.79 Å². The predicted octanol–water partition coefficient (Wildman–Crippen LogP) is 4.20. The normalized spacial score (nSPS) is 12.1. The highest BCUT2D eigenvalue weighted by Crippen LogP contribution is 2.26. The van der Waals surface area contributed by atoms with E-state index in [-0.39, 0.29) is 11.2 Å². The average Bonchev–Trinajstić information content (AvgIpc) is 3.16. The number of amides is 1. The third-order valence-electron chi connectivity index (χ3n) is 4.52. The quantitative estimate of drug-likeness (QED) is 0.565. The van der Waals surface area contributed by atoms with Crippen molar-refractivity contribution in [2.45, 2.75) is 51.6 Å². The van der Waals surface area contributed by atoms with Crippen molar-refractivity contribution >= 4 is 34.1 Å². The maximum atomic E-state index is 12.5. The minimum absolute atomic E-state index is 0.111. The topological polar surface area (TPSA) is 81.9 Å². The van der Waals surface area contributed by atoms with E-state index in [0.717, 1.165) is 21.9 Å². The Labute approximate surface area is 178 Å². The highest BCUT2D eigenvalue weighted by atomic mass is 32.2. The number of thiazole rings is 1. The molecule has 0 fully saturated rings. The zero-order valence-corrected chi connectivity index (χ0v) is 19.1. The van der Waals surface area contributed by atoms with Crippen LogP contribution in [0.15, 0.2) is 23.4 Å². The Hall–Kier alpha value is -2.39. The van der Waals surface area contributed by atoms with Gasteiger partial charge in [-0.15, -0.1) is 21.5 Å². The van der Waals surface area contributed by atoms with Gasteiger partial charge in [-0.25, -0.2) is 4.98 Å². The fourth-order valence-electron chi connectivity index (χ4n) is 2.62. The van der Waals surface area contributed by atoms with E-state index in [0.29, 0.717) is 22.7 Å². The van der Waals surface area contributed by atoms with Crippen molar-refractivity contribution < 1.29 is 9.53 Å². The summed E-state index contributed by atoms with van der Waals surface area (Å²) in [4.78, 5) is 17.9. The molecule has 1 aromatic carbocycles. The molecule has 1 atom stereocenters. The zero-order valence-electron chi connectivity index (χ0n) is 17.4. The van der Waals surface area contributed by atoms with E-state index in [1.54, 1.807) is 0 Å². The number of aromatic nitrogens is 4. The first-order valence-electron chi connectivity index (χ1n) is 9.24. The fraction of sp³-hybridized carbons (Fsp3) is 0.400. The molecule has 2 aromatic heterocycles. The van der Waals surface area contributed by atoms with Crippen LogP contribution >= 0.6 is 23.1 Å². The summed E-state index contributed by atoms with van der Waals surface area (Å²) in [6, 6.07) is 6.07. The summed E-state index contributed by atoms with van der Waals surface area (Å²) in [6.07, 6.45) is 0. The molecule has 0 spiro atoms. The molecule has 7 nitrogen and oxygen atoms in total. The number of nitrogens with zero attached hydrogens (tertiary/aromatic N) is 4. The maximum absolute atomic E-state index is 12.5. The third-order valence-corrected chi connectivity index (χ3v) is 6.64. The molecule has 0 aliphatic heterocycles. The maximum Gasteiger partial charge on any atom is 0.239 e. The Morgan fingerprint density at radius 2 is 2.03 bits per heavy atom. The van der Waals surface area contributed by atoms with Crippen LogP contribution in [-0.4, -0.2) is 30.9 Å². The number of ether oxygens (including phenoxy) is 1. The van der Waals surface area contributed by atoms with Crippen LogP contribution in [-0.2, 0) is 18.4 Å². The summed E-state index contributed by atoms with van der Waals surface area (Å²) in [5.74, 6) is 1.42. The molecular formula is C20H25N5O2S2. The van der Waals surface area contributed by atoms with Gasteiger partial charge in [0, 0.05) is 11.9 Å². The number of anilines is 1. The van der Waals surface area contributed by atoms with Gasteiger partial charge in [0.2, 0.25) is 5.91 Å². The van der Waals surface area contributed by atoms with Crippen LogP contribution in [0.25, 0.3) is 0 Å². The number of carbonyl (C=O) groups is 1. The lowest BCUT2D eigenvalue weighted by atomic mass is 10.1. The molecule has 9 heteroatoms. The summed E-state index contributed by atoms with van der Waals surface area (Å²) in [5, 5.41) is 12.3. The Morgan fingerprint density at radius 3 is 2.69 bits per heavy atom. The Bertz CT molecular complexity index is 1010. The summed E-state index contributed by atoms with van der Waals surface area (Å²) in [5.41, 5.74) is 3.22.